The Kier molecular flexibility index (Phi) is 5.41. The van der Waals surface area contributed by atoms with E-state index in [1.54, 1.807) is 13.0 Å². The molecule has 120 valence electrons. The maximum absolute atomic E-state index is 12.3. The number of benzene rings is 1. The highest BCUT2D eigenvalue weighted by Gasteiger charge is 2.19. The molecule has 1 atom stereocenters. The normalized spacial score (nSPS) is 11.2. The van der Waals surface area contributed by atoms with E-state index in [1.165, 1.54) is 6.07 Å². The Hall–Kier alpha value is -3.03. The monoisotopic (exact) mass is 337 g/mol. The standard InChI is InChI=1S/C17H15N5OS/c1-10-4-3-5-14(6-10)21-16(23)11(2)24-17-13(9-19)7-12(8-18)15(20)22-17/h3-7,11H,1-2H3,(H2,20,22)(H,21,23)/t11-/m0/s1. The molecule has 24 heavy (non-hydrogen) atoms. The minimum absolute atomic E-state index is 0.0466. The zero-order valence-corrected chi connectivity index (χ0v) is 14.0. The van der Waals surface area contributed by atoms with E-state index in [9.17, 15) is 10.1 Å². The molecule has 0 spiro atoms. The van der Waals surface area contributed by atoms with E-state index in [2.05, 4.69) is 10.3 Å². The first-order chi connectivity index (χ1) is 11.4. The SMILES string of the molecule is Cc1cccc(NC(=O)[C@H](C)Sc2nc(N)c(C#N)cc2C#N)c1. The van der Waals surface area contributed by atoms with Gasteiger partial charge in [-0.15, -0.1) is 0 Å². The number of hydrogen-bond donors (Lipinski definition) is 2. The number of hydrogen-bond acceptors (Lipinski definition) is 6. The van der Waals surface area contributed by atoms with E-state index in [0.29, 0.717) is 10.7 Å². The maximum atomic E-state index is 12.3. The van der Waals surface area contributed by atoms with Crippen LogP contribution in [0.1, 0.15) is 23.6 Å². The summed E-state index contributed by atoms with van der Waals surface area (Å²) in [4.78, 5) is 16.4. The molecule has 1 aromatic carbocycles. The van der Waals surface area contributed by atoms with Crippen LogP contribution in [-0.2, 0) is 4.79 Å². The van der Waals surface area contributed by atoms with Crippen LogP contribution in [0.2, 0.25) is 0 Å². The van der Waals surface area contributed by atoms with Gasteiger partial charge in [-0.1, -0.05) is 23.9 Å². The second-order valence-electron chi connectivity index (χ2n) is 5.12. The van der Waals surface area contributed by atoms with Crippen molar-refractivity contribution < 1.29 is 4.79 Å². The Balaban J connectivity index is 2.16. The van der Waals surface area contributed by atoms with Crippen LogP contribution in [-0.4, -0.2) is 16.1 Å². The topological polar surface area (TPSA) is 116 Å². The number of nitrogens with one attached hydrogen (secondary N) is 1. The van der Waals surface area contributed by atoms with E-state index in [-0.39, 0.29) is 22.9 Å². The lowest BCUT2D eigenvalue weighted by Crippen LogP contribution is -2.22. The molecule has 0 aliphatic heterocycles. The molecule has 0 saturated carbocycles. The van der Waals surface area contributed by atoms with Crippen molar-refractivity contribution in [1.82, 2.24) is 4.98 Å². The molecule has 0 radical (unpaired) electrons. The van der Waals surface area contributed by atoms with Gasteiger partial charge in [0, 0.05) is 5.69 Å². The number of nitrogen functional groups attached to an aromatic ring is 1. The summed E-state index contributed by atoms with van der Waals surface area (Å²) < 4.78 is 0. The largest absolute Gasteiger partial charge is 0.383 e. The van der Waals surface area contributed by atoms with E-state index < -0.39 is 5.25 Å². The third kappa shape index (κ3) is 4.03. The summed E-state index contributed by atoms with van der Waals surface area (Å²) in [6, 6.07) is 12.7. The first-order valence-corrected chi connectivity index (χ1v) is 7.97. The molecule has 0 bridgehead atoms. The third-order valence-corrected chi connectivity index (χ3v) is 4.30. The summed E-state index contributed by atoms with van der Waals surface area (Å²) in [5.74, 6) is -0.162. The van der Waals surface area contributed by atoms with Crippen molar-refractivity contribution in [2.24, 2.45) is 0 Å². The highest BCUT2D eigenvalue weighted by atomic mass is 32.2. The summed E-state index contributed by atoms with van der Waals surface area (Å²) in [5, 5.41) is 20.8. The quantitative estimate of drug-likeness (QED) is 0.829. The van der Waals surface area contributed by atoms with E-state index in [4.69, 9.17) is 11.0 Å². The summed E-state index contributed by atoms with van der Waals surface area (Å²) in [6.45, 7) is 3.66. The molecular weight excluding hydrogens is 322 g/mol. The molecule has 1 aromatic heterocycles. The Morgan fingerprint density at radius 1 is 1.29 bits per heavy atom. The summed E-state index contributed by atoms with van der Waals surface area (Å²) in [6.07, 6.45) is 0. The molecule has 0 aliphatic carbocycles. The number of thioether (sulfide) groups is 1. The fraction of sp³-hybridized carbons (Fsp3) is 0.176. The van der Waals surface area contributed by atoms with Gasteiger partial charge in [0.2, 0.25) is 5.91 Å². The van der Waals surface area contributed by atoms with Crippen LogP contribution in [0.5, 0.6) is 0 Å². The Bertz CT molecular complexity index is 866. The van der Waals surface area contributed by atoms with Crippen LogP contribution in [0.15, 0.2) is 35.4 Å². The molecule has 1 heterocycles. The van der Waals surface area contributed by atoms with Crippen LogP contribution in [0.25, 0.3) is 0 Å². The zero-order chi connectivity index (χ0) is 17.7. The second kappa shape index (κ2) is 7.49. The van der Waals surface area contributed by atoms with Gasteiger partial charge in [0.05, 0.1) is 16.4 Å². The number of nitriles is 2. The van der Waals surface area contributed by atoms with Crippen molar-refractivity contribution in [2.75, 3.05) is 11.1 Å². The number of nitrogens with two attached hydrogens (primary N) is 1. The number of amides is 1. The smallest absolute Gasteiger partial charge is 0.237 e. The van der Waals surface area contributed by atoms with Gasteiger partial charge >= 0.3 is 0 Å². The number of rotatable bonds is 4. The zero-order valence-electron chi connectivity index (χ0n) is 13.2. The predicted octanol–water partition coefficient (Wildman–Crippen LogP) is 2.83. The number of carbonyl (C=O) groups excluding carboxylic acids is 1. The number of anilines is 2. The number of aryl methyl sites for hydroxylation is 1. The van der Waals surface area contributed by atoms with Gasteiger partial charge in [0.1, 0.15) is 23.0 Å². The van der Waals surface area contributed by atoms with Crippen LogP contribution < -0.4 is 11.1 Å². The molecule has 6 nitrogen and oxygen atoms in total. The Labute approximate surface area is 144 Å². The van der Waals surface area contributed by atoms with Crippen molar-refractivity contribution in [1.29, 1.82) is 10.5 Å². The Morgan fingerprint density at radius 2 is 2.00 bits per heavy atom. The van der Waals surface area contributed by atoms with Crippen LogP contribution in [0, 0.1) is 29.6 Å². The molecule has 7 heteroatoms. The summed E-state index contributed by atoms with van der Waals surface area (Å²) in [7, 11) is 0. The first-order valence-electron chi connectivity index (χ1n) is 7.09. The molecular formula is C17H15N5OS. The molecule has 2 rings (SSSR count). The molecule has 0 unspecified atom stereocenters. The average Bonchev–Trinajstić information content (AvgIpc) is 2.55. The van der Waals surface area contributed by atoms with E-state index in [1.807, 2.05) is 37.3 Å². The van der Waals surface area contributed by atoms with Crippen molar-refractivity contribution in [3.8, 4) is 12.1 Å². The second-order valence-corrected chi connectivity index (χ2v) is 6.45. The van der Waals surface area contributed by atoms with Gasteiger partial charge in [0.25, 0.3) is 0 Å². The van der Waals surface area contributed by atoms with Gasteiger partial charge in [-0.3, -0.25) is 4.79 Å². The van der Waals surface area contributed by atoms with Crippen LogP contribution >= 0.6 is 11.8 Å². The van der Waals surface area contributed by atoms with Crippen molar-refractivity contribution in [3.63, 3.8) is 0 Å². The van der Waals surface area contributed by atoms with Gasteiger partial charge in [-0.25, -0.2) is 4.98 Å². The van der Waals surface area contributed by atoms with Crippen molar-refractivity contribution >= 4 is 29.2 Å². The highest BCUT2D eigenvalue weighted by molar-refractivity contribution is 8.00. The maximum Gasteiger partial charge on any atom is 0.237 e. The first kappa shape index (κ1) is 17.3. The molecule has 3 N–H and O–H groups in total. The Morgan fingerprint density at radius 3 is 2.62 bits per heavy atom. The fourth-order valence-corrected chi connectivity index (χ4v) is 2.84. The summed E-state index contributed by atoms with van der Waals surface area (Å²) in [5.41, 5.74) is 7.81. The molecule has 1 amide bonds. The number of aromatic nitrogens is 1. The molecule has 0 aliphatic rings. The minimum atomic E-state index is -0.488. The van der Waals surface area contributed by atoms with Crippen molar-refractivity contribution in [3.05, 3.63) is 47.0 Å². The predicted molar refractivity (Wildman–Crippen MR) is 93.2 cm³/mol. The average molecular weight is 337 g/mol. The number of carbonyl (C=O) groups is 1. The highest BCUT2D eigenvalue weighted by Crippen LogP contribution is 2.28. The van der Waals surface area contributed by atoms with Gasteiger partial charge < -0.3 is 11.1 Å². The van der Waals surface area contributed by atoms with Gasteiger partial charge in [0.15, 0.2) is 0 Å². The molecule has 0 fully saturated rings. The lowest BCUT2D eigenvalue weighted by atomic mass is 10.2. The van der Waals surface area contributed by atoms with Gasteiger partial charge in [-0.05, 0) is 37.6 Å². The minimum Gasteiger partial charge on any atom is -0.383 e. The van der Waals surface area contributed by atoms with Crippen molar-refractivity contribution in [2.45, 2.75) is 24.1 Å². The lowest BCUT2D eigenvalue weighted by molar-refractivity contribution is -0.115. The number of pyridine rings is 1. The van der Waals surface area contributed by atoms with E-state index >= 15 is 0 Å². The number of nitrogens with zero attached hydrogens (tertiary/aromatic N) is 3. The summed E-state index contributed by atoms with van der Waals surface area (Å²) >= 11 is 1.12. The van der Waals surface area contributed by atoms with Crippen LogP contribution in [0.3, 0.4) is 0 Å². The van der Waals surface area contributed by atoms with Crippen LogP contribution in [0.4, 0.5) is 11.5 Å². The van der Waals surface area contributed by atoms with Gasteiger partial charge in [-0.2, -0.15) is 10.5 Å². The van der Waals surface area contributed by atoms with E-state index in [0.717, 1.165) is 17.3 Å². The fourth-order valence-electron chi connectivity index (χ4n) is 1.96. The molecule has 0 saturated heterocycles. The molecule has 2 aromatic rings. The lowest BCUT2D eigenvalue weighted by Gasteiger charge is -2.13. The third-order valence-electron chi connectivity index (χ3n) is 3.20.